The molecule has 3 aromatic rings. The molecule has 3 heteroatoms. The van der Waals surface area contributed by atoms with Crippen LogP contribution >= 0.6 is 0 Å². The van der Waals surface area contributed by atoms with Crippen LogP contribution in [-0.2, 0) is 0 Å². The van der Waals surface area contributed by atoms with Crippen LogP contribution in [0.2, 0.25) is 0 Å². The summed E-state index contributed by atoms with van der Waals surface area (Å²) in [7, 11) is 0. The minimum Gasteiger partial charge on any atom is -0.445 e. The lowest BCUT2D eigenvalue weighted by Crippen LogP contribution is -1.79. The number of benzene rings is 2. The van der Waals surface area contributed by atoms with Gasteiger partial charge in [0.1, 0.15) is 17.5 Å². The van der Waals surface area contributed by atoms with Gasteiger partial charge in [0, 0.05) is 10.9 Å². The van der Waals surface area contributed by atoms with Crippen LogP contribution in [0.5, 0.6) is 0 Å². The maximum Gasteiger partial charge on any atom is 0.212 e. The van der Waals surface area contributed by atoms with Crippen molar-refractivity contribution in [2.75, 3.05) is 0 Å². The first kappa shape index (κ1) is 10.5. The van der Waals surface area contributed by atoms with E-state index in [-0.39, 0.29) is 11.6 Å². The van der Waals surface area contributed by atoms with E-state index in [0.29, 0.717) is 16.5 Å². The first-order valence-corrected chi connectivity index (χ1v) is 5.47. The van der Waals surface area contributed by atoms with Gasteiger partial charge < -0.3 is 4.42 Å². The first-order chi connectivity index (χ1) is 8.79. The molecule has 0 amide bonds. The Hall–Kier alpha value is -2.60. The number of rotatable bonds is 1. The van der Waals surface area contributed by atoms with Crippen molar-refractivity contribution >= 4 is 11.0 Å². The molecule has 0 aliphatic carbocycles. The van der Waals surface area contributed by atoms with Crippen molar-refractivity contribution in [2.24, 2.45) is 0 Å². The van der Waals surface area contributed by atoms with E-state index in [1.807, 2.05) is 36.4 Å². The third kappa shape index (κ3) is 1.56. The Morgan fingerprint density at radius 3 is 2.56 bits per heavy atom. The monoisotopic (exact) mass is 237 g/mol. The summed E-state index contributed by atoms with van der Waals surface area (Å²) in [5, 5.41) is 9.74. The van der Waals surface area contributed by atoms with Gasteiger partial charge in [0.15, 0.2) is 0 Å². The lowest BCUT2D eigenvalue weighted by molar-refractivity contribution is 0.597. The summed E-state index contributed by atoms with van der Waals surface area (Å²) in [6.45, 7) is 0. The molecular weight excluding hydrogens is 229 g/mol. The zero-order valence-electron chi connectivity index (χ0n) is 9.35. The molecule has 0 saturated heterocycles. The second-order valence-electron chi connectivity index (χ2n) is 3.92. The average molecular weight is 237 g/mol. The highest BCUT2D eigenvalue weighted by Gasteiger charge is 2.15. The smallest absolute Gasteiger partial charge is 0.212 e. The van der Waals surface area contributed by atoms with E-state index in [4.69, 9.17) is 9.68 Å². The van der Waals surface area contributed by atoms with E-state index < -0.39 is 0 Å². The normalized spacial score (nSPS) is 10.4. The van der Waals surface area contributed by atoms with Crippen molar-refractivity contribution in [3.63, 3.8) is 0 Å². The van der Waals surface area contributed by atoms with Crippen LogP contribution in [0.1, 0.15) is 5.76 Å². The summed E-state index contributed by atoms with van der Waals surface area (Å²) >= 11 is 0. The highest BCUT2D eigenvalue weighted by Crippen LogP contribution is 2.34. The minimum absolute atomic E-state index is 0.210. The molecule has 3 rings (SSSR count). The van der Waals surface area contributed by atoms with Gasteiger partial charge in [-0.3, -0.25) is 0 Å². The molecule has 18 heavy (non-hydrogen) atoms. The quantitative estimate of drug-likeness (QED) is 0.638. The molecule has 0 unspecified atom stereocenters. The van der Waals surface area contributed by atoms with E-state index in [1.165, 1.54) is 18.2 Å². The van der Waals surface area contributed by atoms with Crippen LogP contribution in [0.15, 0.2) is 52.9 Å². The van der Waals surface area contributed by atoms with Gasteiger partial charge in [-0.2, -0.15) is 5.26 Å². The fourth-order valence-electron chi connectivity index (χ4n) is 2.04. The van der Waals surface area contributed by atoms with Crippen molar-refractivity contribution in [2.45, 2.75) is 0 Å². The number of nitriles is 1. The van der Waals surface area contributed by atoms with Crippen molar-refractivity contribution in [3.05, 3.63) is 60.1 Å². The zero-order chi connectivity index (χ0) is 12.5. The third-order valence-corrected chi connectivity index (χ3v) is 2.81. The third-order valence-electron chi connectivity index (χ3n) is 2.81. The van der Waals surface area contributed by atoms with Crippen LogP contribution in [0.3, 0.4) is 0 Å². The molecule has 2 aromatic carbocycles. The van der Waals surface area contributed by atoms with Crippen LogP contribution in [-0.4, -0.2) is 0 Å². The number of halogens is 1. The Kier molecular flexibility index (Phi) is 2.35. The van der Waals surface area contributed by atoms with Gasteiger partial charge in [-0.1, -0.05) is 30.3 Å². The summed E-state index contributed by atoms with van der Waals surface area (Å²) in [6, 6.07) is 15.6. The minimum atomic E-state index is -0.343. The maximum absolute atomic E-state index is 13.3. The average Bonchev–Trinajstić information content (AvgIpc) is 2.77. The van der Waals surface area contributed by atoms with Gasteiger partial charge in [-0.15, -0.1) is 0 Å². The fourth-order valence-corrected chi connectivity index (χ4v) is 2.04. The van der Waals surface area contributed by atoms with Gasteiger partial charge in [-0.25, -0.2) is 4.39 Å². The van der Waals surface area contributed by atoms with Gasteiger partial charge >= 0.3 is 0 Å². The Morgan fingerprint density at radius 2 is 1.83 bits per heavy atom. The van der Waals surface area contributed by atoms with E-state index in [2.05, 4.69) is 0 Å². The van der Waals surface area contributed by atoms with Crippen LogP contribution in [0.4, 0.5) is 4.39 Å². The summed E-state index contributed by atoms with van der Waals surface area (Å²) in [5.74, 6) is -0.133. The molecule has 2 nitrogen and oxygen atoms in total. The second kappa shape index (κ2) is 4.01. The Balaban J connectivity index is 2.40. The van der Waals surface area contributed by atoms with Crippen LogP contribution < -0.4 is 0 Å². The maximum atomic E-state index is 13.3. The number of fused-ring (bicyclic) bond motifs is 1. The Labute approximate surface area is 103 Å². The molecule has 0 saturated carbocycles. The van der Waals surface area contributed by atoms with Crippen molar-refractivity contribution in [3.8, 4) is 17.2 Å². The predicted molar refractivity (Wildman–Crippen MR) is 66.3 cm³/mol. The number of furan rings is 1. The second-order valence-corrected chi connectivity index (χ2v) is 3.92. The van der Waals surface area contributed by atoms with E-state index >= 15 is 0 Å². The molecule has 0 radical (unpaired) electrons. The highest BCUT2D eigenvalue weighted by atomic mass is 19.1. The standard InChI is InChI=1S/C15H8FNO/c16-11-6-7-13-12(8-11)15(14(9-17)18-13)10-4-2-1-3-5-10/h1-8H. The van der Waals surface area contributed by atoms with Gasteiger partial charge in [0.2, 0.25) is 5.76 Å². The summed E-state index contributed by atoms with van der Waals surface area (Å²) in [5.41, 5.74) is 2.01. The number of hydrogen-bond donors (Lipinski definition) is 0. The zero-order valence-corrected chi connectivity index (χ0v) is 9.35. The van der Waals surface area contributed by atoms with E-state index in [9.17, 15) is 4.39 Å². The largest absolute Gasteiger partial charge is 0.445 e. The van der Waals surface area contributed by atoms with Gasteiger partial charge in [-0.05, 0) is 23.8 Å². The molecule has 1 aromatic heterocycles. The summed E-state index contributed by atoms with van der Waals surface area (Å²) < 4.78 is 18.8. The van der Waals surface area contributed by atoms with Crippen molar-refractivity contribution < 1.29 is 8.81 Å². The molecule has 1 heterocycles. The lowest BCUT2D eigenvalue weighted by atomic mass is 10.0. The van der Waals surface area contributed by atoms with Gasteiger partial charge in [0.25, 0.3) is 0 Å². The lowest BCUT2D eigenvalue weighted by Gasteiger charge is -1.98. The van der Waals surface area contributed by atoms with E-state index in [0.717, 1.165) is 5.56 Å². The van der Waals surface area contributed by atoms with Crippen molar-refractivity contribution in [1.29, 1.82) is 5.26 Å². The van der Waals surface area contributed by atoms with Crippen molar-refractivity contribution in [1.82, 2.24) is 0 Å². The molecule has 0 fully saturated rings. The number of nitrogens with zero attached hydrogens (tertiary/aromatic N) is 1. The van der Waals surface area contributed by atoms with Crippen LogP contribution in [0.25, 0.3) is 22.1 Å². The molecule has 86 valence electrons. The molecule has 0 spiro atoms. The van der Waals surface area contributed by atoms with Gasteiger partial charge in [0.05, 0.1) is 0 Å². The summed E-state index contributed by atoms with van der Waals surface area (Å²) in [6.07, 6.45) is 0. The molecule has 0 aliphatic rings. The molecule has 0 aliphatic heterocycles. The highest BCUT2D eigenvalue weighted by molar-refractivity contribution is 5.96. The summed E-state index contributed by atoms with van der Waals surface area (Å²) in [4.78, 5) is 0. The molecule has 0 atom stereocenters. The van der Waals surface area contributed by atoms with Crippen LogP contribution in [0, 0.1) is 17.1 Å². The van der Waals surface area contributed by atoms with E-state index in [1.54, 1.807) is 0 Å². The molecule has 0 N–H and O–H groups in total. The Morgan fingerprint density at radius 1 is 1.06 bits per heavy atom. The molecule has 0 bridgehead atoms. The predicted octanol–water partition coefficient (Wildman–Crippen LogP) is 4.11. The number of hydrogen-bond acceptors (Lipinski definition) is 2. The molecular formula is C15H8FNO. The fraction of sp³-hybridized carbons (Fsp3) is 0. The topological polar surface area (TPSA) is 36.9 Å². The Bertz CT molecular complexity index is 753. The SMILES string of the molecule is N#Cc1oc2ccc(F)cc2c1-c1ccccc1. The first-order valence-electron chi connectivity index (χ1n) is 5.47.